The lowest BCUT2D eigenvalue weighted by Crippen LogP contribution is -2.43. The third kappa shape index (κ3) is 1.99. The minimum Gasteiger partial charge on any atom is -0.387 e. The van der Waals surface area contributed by atoms with Crippen molar-refractivity contribution in [1.82, 2.24) is 10.2 Å². The number of nitrogens with zero attached hydrogens (tertiary/aromatic N) is 1. The number of carbonyl (C=O) groups excluding carboxylic acids is 1. The van der Waals surface area contributed by atoms with E-state index in [9.17, 15) is 9.90 Å². The lowest BCUT2D eigenvalue weighted by atomic mass is 10.1. The molecule has 5 nitrogen and oxygen atoms in total. The van der Waals surface area contributed by atoms with Gasteiger partial charge in [0.15, 0.2) is 0 Å². The number of carbonyl (C=O) groups is 1. The summed E-state index contributed by atoms with van der Waals surface area (Å²) in [5.41, 5.74) is 5.35. The van der Waals surface area contributed by atoms with Gasteiger partial charge in [-0.2, -0.15) is 0 Å². The van der Waals surface area contributed by atoms with Gasteiger partial charge in [0.2, 0.25) is 0 Å². The number of hydrogen-bond acceptors (Lipinski definition) is 3. The summed E-state index contributed by atoms with van der Waals surface area (Å²) in [6.07, 6.45) is 0.736. The van der Waals surface area contributed by atoms with Gasteiger partial charge in [-0.1, -0.05) is 6.08 Å². The van der Waals surface area contributed by atoms with E-state index in [1.165, 1.54) is 11.0 Å². The van der Waals surface area contributed by atoms with E-state index < -0.39 is 6.10 Å². The quantitative estimate of drug-likeness (QED) is 0.486. The van der Waals surface area contributed by atoms with Crippen LogP contribution in [0.1, 0.15) is 0 Å². The molecule has 1 aliphatic heterocycles. The van der Waals surface area contributed by atoms with Crippen LogP contribution in [0.4, 0.5) is 4.79 Å². The fourth-order valence-corrected chi connectivity index (χ4v) is 1.42. The lowest BCUT2D eigenvalue weighted by molar-refractivity contribution is 0.123. The number of nitrogens with one attached hydrogen (secondary N) is 1. The van der Waals surface area contributed by atoms with Crippen molar-refractivity contribution in [2.45, 2.75) is 12.1 Å². The molecule has 0 aromatic carbocycles. The molecule has 1 aliphatic rings. The highest BCUT2D eigenvalue weighted by molar-refractivity contribution is 5.77. The molecular weight excluding hydrogens is 170 g/mol. The van der Waals surface area contributed by atoms with Crippen molar-refractivity contribution in [3.63, 3.8) is 0 Å². The maximum absolute atomic E-state index is 11.2. The van der Waals surface area contributed by atoms with Gasteiger partial charge >= 0.3 is 6.03 Å². The molecule has 2 atom stereocenters. The molecule has 0 radical (unpaired) electrons. The Morgan fingerprint density at radius 2 is 2.62 bits per heavy atom. The van der Waals surface area contributed by atoms with E-state index in [0.717, 1.165) is 0 Å². The Kier molecular flexibility index (Phi) is 3.27. The van der Waals surface area contributed by atoms with Crippen LogP contribution < -0.4 is 11.1 Å². The number of amides is 2. The maximum Gasteiger partial charge on any atom is 0.317 e. The molecule has 0 aliphatic carbocycles. The summed E-state index contributed by atoms with van der Waals surface area (Å²) in [5.74, 6) is 0. The fourth-order valence-electron chi connectivity index (χ4n) is 1.42. The molecule has 13 heavy (non-hydrogen) atoms. The van der Waals surface area contributed by atoms with Gasteiger partial charge in [-0.05, 0) is 0 Å². The Hall–Kier alpha value is -1.07. The minimum absolute atomic E-state index is 0.170. The van der Waals surface area contributed by atoms with Gasteiger partial charge in [0, 0.05) is 19.6 Å². The maximum atomic E-state index is 11.2. The molecule has 2 unspecified atom stereocenters. The van der Waals surface area contributed by atoms with Crippen molar-refractivity contribution < 1.29 is 9.90 Å². The Balaban J connectivity index is 2.63. The van der Waals surface area contributed by atoms with Crippen LogP contribution in [0.25, 0.3) is 0 Å². The molecule has 0 saturated carbocycles. The molecule has 2 amide bonds. The van der Waals surface area contributed by atoms with E-state index in [0.29, 0.717) is 19.6 Å². The first kappa shape index (κ1) is 10.0. The summed E-state index contributed by atoms with van der Waals surface area (Å²) >= 11 is 0. The average molecular weight is 185 g/mol. The van der Waals surface area contributed by atoms with Crippen LogP contribution in [0.15, 0.2) is 12.7 Å². The molecular formula is C8H15N3O2. The summed E-state index contributed by atoms with van der Waals surface area (Å²) in [4.78, 5) is 12.7. The van der Waals surface area contributed by atoms with Gasteiger partial charge in [-0.25, -0.2) is 4.79 Å². The largest absolute Gasteiger partial charge is 0.387 e. The third-order valence-electron chi connectivity index (χ3n) is 2.13. The van der Waals surface area contributed by atoms with Crippen LogP contribution in [0.5, 0.6) is 0 Å². The number of hydrogen-bond donors (Lipinski definition) is 3. The summed E-state index contributed by atoms with van der Waals surface area (Å²) < 4.78 is 0. The zero-order valence-corrected chi connectivity index (χ0v) is 7.44. The summed E-state index contributed by atoms with van der Waals surface area (Å²) in [6.45, 7) is 4.78. The Morgan fingerprint density at radius 3 is 3.15 bits per heavy atom. The Bertz CT molecular complexity index is 208. The topological polar surface area (TPSA) is 78.6 Å². The molecule has 1 saturated heterocycles. The van der Waals surface area contributed by atoms with Crippen LogP contribution in [0, 0.1) is 0 Å². The highest BCUT2D eigenvalue weighted by Gasteiger charge is 2.33. The smallest absolute Gasteiger partial charge is 0.317 e. The summed E-state index contributed by atoms with van der Waals surface area (Å²) in [6, 6.07) is -0.398. The third-order valence-corrected chi connectivity index (χ3v) is 2.13. The summed E-state index contributed by atoms with van der Waals surface area (Å²) in [7, 11) is 0. The molecule has 1 rings (SSSR count). The molecule has 1 heterocycles. The van der Waals surface area contributed by atoms with Gasteiger partial charge in [-0.3, -0.25) is 0 Å². The van der Waals surface area contributed by atoms with E-state index in [-0.39, 0.29) is 12.1 Å². The molecule has 0 spiro atoms. The molecule has 0 aromatic rings. The fraction of sp³-hybridized carbons (Fsp3) is 0.625. The minimum atomic E-state index is -0.689. The molecule has 4 N–H and O–H groups in total. The van der Waals surface area contributed by atoms with Crippen LogP contribution in [-0.2, 0) is 0 Å². The van der Waals surface area contributed by atoms with E-state index in [1.807, 2.05) is 0 Å². The monoisotopic (exact) mass is 185 g/mol. The predicted molar refractivity (Wildman–Crippen MR) is 49.2 cm³/mol. The average Bonchev–Trinajstić information content (AvgIpc) is 2.48. The summed E-state index contributed by atoms with van der Waals surface area (Å²) in [5, 5.41) is 12.1. The molecule has 74 valence electrons. The first-order valence-electron chi connectivity index (χ1n) is 4.26. The second kappa shape index (κ2) is 4.25. The van der Waals surface area contributed by atoms with E-state index in [2.05, 4.69) is 11.9 Å². The van der Waals surface area contributed by atoms with Crippen molar-refractivity contribution in [1.29, 1.82) is 0 Å². The Labute approximate surface area is 77.2 Å². The number of nitrogens with two attached hydrogens (primary N) is 1. The predicted octanol–water partition coefficient (Wildman–Crippen LogP) is -1.11. The highest BCUT2D eigenvalue weighted by Crippen LogP contribution is 2.10. The van der Waals surface area contributed by atoms with Gasteiger partial charge in [0.25, 0.3) is 0 Å². The number of aliphatic hydroxyl groups is 1. The van der Waals surface area contributed by atoms with Gasteiger partial charge in [0.1, 0.15) is 0 Å². The highest BCUT2D eigenvalue weighted by atomic mass is 16.3. The standard InChI is InChI=1S/C8H15N3O2/c1-2-7(12)6-5-10-8(13)11(6)4-3-9/h2,6-7,12H,1,3-5,9H2,(H,10,13). The zero-order chi connectivity index (χ0) is 9.84. The van der Waals surface area contributed by atoms with Crippen LogP contribution in [-0.4, -0.2) is 47.8 Å². The second-order valence-electron chi connectivity index (χ2n) is 2.96. The second-order valence-corrected chi connectivity index (χ2v) is 2.96. The van der Waals surface area contributed by atoms with Crippen LogP contribution in [0.2, 0.25) is 0 Å². The number of aliphatic hydroxyl groups excluding tert-OH is 1. The van der Waals surface area contributed by atoms with Crippen molar-refractivity contribution in [2.75, 3.05) is 19.6 Å². The van der Waals surface area contributed by atoms with Crippen molar-refractivity contribution in [3.8, 4) is 0 Å². The normalized spacial score (nSPS) is 24.3. The van der Waals surface area contributed by atoms with Crippen molar-refractivity contribution in [2.24, 2.45) is 5.73 Å². The first-order valence-corrected chi connectivity index (χ1v) is 4.26. The van der Waals surface area contributed by atoms with Crippen LogP contribution in [0.3, 0.4) is 0 Å². The number of rotatable bonds is 4. The lowest BCUT2D eigenvalue weighted by Gasteiger charge is -2.24. The van der Waals surface area contributed by atoms with Gasteiger partial charge in [-0.15, -0.1) is 6.58 Å². The number of urea groups is 1. The van der Waals surface area contributed by atoms with E-state index in [1.54, 1.807) is 0 Å². The molecule has 5 heteroatoms. The van der Waals surface area contributed by atoms with Gasteiger partial charge in [0.05, 0.1) is 12.1 Å². The van der Waals surface area contributed by atoms with Crippen LogP contribution >= 0.6 is 0 Å². The molecule has 0 aromatic heterocycles. The Morgan fingerprint density at radius 1 is 1.92 bits per heavy atom. The SMILES string of the molecule is C=CC(O)C1CNC(=O)N1CCN. The first-order chi connectivity index (χ1) is 6.20. The van der Waals surface area contributed by atoms with Crippen molar-refractivity contribution in [3.05, 3.63) is 12.7 Å². The molecule has 0 bridgehead atoms. The van der Waals surface area contributed by atoms with Gasteiger partial charge < -0.3 is 21.1 Å². The zero-order valence-electron chi connectivity index (χ0n) is 7.44. The van der Waals surface area contributed by atoms with Crippen molar-refractivity contribution >= 4 is 6.03 Å². The van der Waals surface area contributed by atoms with E-state index in [4.69, 9.17) is 5.73 Å². The van der Waals surface area contributed by atoms with E-state index >= 15 is 0 Å². The molecule has 1 fully saturated rings.